The highest BCUT2D eigenvalue weighted by Crippen LogP contribution is 2.44. The number of carbonyl (C=O) groups excluding carboxylic acids is 1. The van der Waals surface area contributed by atoms with Crippen LogP contribution < -0.4 is 23.4 Å². The molecule has 6 rings (SSSR count). The molecule has 1 amide bonds. The normalized spacial score (nSPS) is 19.2. The van der Waals surface area contributed by atoms with E-state index in [0.717, 1.165) is 22.5 Å². The summed E-state index contributed by atoms with van der Waals surface area (Å²) in [6.45, 7) is -0.724. The fraction of sp³-hybridized carbons (Fsp3) is 0.361. The van der Waals surface area contributed by atoms with E-state index in [0.29, 0.717) is 41.9 Å². The second-order valence-corrected chi connectivity index (χ2v) is 14.6. The van der Waals surface area contributed by atoms with Crippen molar-refractivity contribution in [3.63, 3.8) is 0 Å². The molecule has 2 aliphatic rings. The molecule has 4 aromatic rings. The zero-order valence-electron chi connectivity index (χ0n) is 28.8. The predicted molar refractivity (Wildman–Crippen MR) is 184 cm³/mol. The average molecular weight is 744 g/mol. The van der Waals surface area contributed by atoms with Gasteiger partial charge in [0.05, 0.1) is 38.1 Å². The number of hydrogen-bond donors (Lipinski definition) is 0. The molecule has 1 saturated carbocycles. The lowest BCUT2D eigenvalue weighted by molar-refractivity contribution is -0.137. The standard InChI is InChI=1S/C36H37F4N5O6S/c1-43(2)29-15-23(22-6-5-7-25(14-22)36(38,39)40)9-11-28(29)45-30-17-27(37)33(18-32(30)51-20-35(45)46)52(47,48)44(34-12-13-41-21-42-34)19-24-8-10-26(49-3)16-31(24)50-4/h5-8,10,12-14,16-18,21,23,28-29H,9,11,15,19-20H2,1-4H3/t23-,28-,29-/m0/s1. The monoisotopic (exact) mass is 743 g/mol. The number of methoxy groups -OCH3 is 2. The number of rotatable bonds is 10. The summed E-state index contributed by atoms with van der Waals surface area (Å²) in [7, 11) is 1.85. The highest BCUT2D eigenvalue weighted by molar-refractivity contribution is 7.92. The SMILES string of the molecule is COc1ccc(CN(c2ccncn2)S(=O)(=O)c2cc3c(cc2F)N([C@H]2CC[C@H](c4cccc(C(F)(F)F)c4)C[C@@H]2N(C)C)C(=O)CO3)c(OC)c1. The third-order valence-corrected chi connectivity index (χ3v) is 11.3. The number of hydrogen-bond acceptors (Lipinski definition) is 9. The van der Waals surface area contributed by atoms with Gasteiger partial charge in [0, 0.05) is 42.1 Å². The van der Waals surface area contributed by atoms with Crippen molar-refractivity contribution in [1.82, 2.24) is 14.9 Å². The number of amides is 1. The van der Waals surface area contributed by atoms with E-state index in [2.05, 4.69) is 9.97 Å². The summed E-state index contributed by atoms with van der Waals surface area (Å²) >= 11 is 0. The van der Waals surface area contributed by atoms with Crippen LogP contribution in [0.2, 0.25) is 0 Å². The van der Waals surface area contributed by atoms with Gasteiger partial charge in [0.15, 0.2) is 6.61 Å². The fourth-order valence-electron chi connectivity index (χ4n) is 6.97. The molecule has 0 spiro atoms. The van der Waals surface area contributed by atoms with E-state index in [9.17, 15) is 26.4 Å². The summed E-state index contributed by atoms with van der Waals surface area (Å²) in [5.74, 6) is -1.03. The number of sulfonamides is 1. The zero-order chi connectivity index (χ0) is 37.4. The molecular weight excluding hydrogens is 706 g/mol. The highest BCUT2D eigenvalue weighted by atomic mass is 32.2. The van der Waals surface area contributed by atoms with Gasteiger partial charge < -0.3 is 24.0 Å². The van der Waals surface area contributed by atoms with Crippen molar-refractivity contribution in [2.24, 2.45) is 0 Å². The molecule has 1 fully saturated rings. The number of aromatic nitrogens is 2. The largest absolute Gasteiger partial charge is 0.497 e. The minimum absolute atomic E-state index is 0.0123. The van der Waals surface area contributed by atoms with Crippen LogP contribution in [0.5, 0.6) is 17.2 Å². The van der Waals surface area contributed by atoms with Gasteiger partial charge in [0.1, 0.15) is 40.1 Å². The van der Waals surface area contributed by atoms with E-state index in [1.54, 1.807) is 24.3 Å². The predicted octanol–water partition coefficient (Wildman–Crippen LogP) is 6.04. The van der Waals surface area contributed by atoms with E-state index in [1.165, 1.54) is 49.8 Å². The zero-order valence-corrected chi connectivity index (χ0v) is 29.6. The van der Waals surface area contributed by atoms with Gasteiger partial charge in [-0.05, 0) is 63.0 Å². The number of nitrogens with zero attached hydrogens (tertiary/aromatic N) is 5. The first-order valence-corrected chi connectivity index (χ1v) is 17.8. The van der Waals surface area contributed by atoms with Crippen LogP contribution in [0.4, 0.5) is 29.1 Å². The Labute approximate surface area is 298 Å². The number of halogens is 4. The lowest BCUT2D eigenvalue weighted by Gasteiger charge is -2.46. The number of carbonyl (C=O) groups is 1. The van der Waals surface area contributed by atoms with Gasteiger partial charge in [-0.25, -0.2) is 27.1 Å². The number of fused-ring (bicyclic) bond motifs is 1. The summed E-state index contributed by atoms with van der Waals surface area (Å²) in [6, 6.07) is 12.7. The second-order valence-electron chi connectivity index (χ2n) is 12.8. The minimum Gasteiger partial charge on any atom is -0.497 e. The van der Waals surface area contributed by atoms with Crippen LogP contribution in [-0.4, -0.2) is 76.2 Å². The molecular formula is C36H37F4N5O6S. The van der Waals surface area contributed by atoms with Crippen molar-refractivity contribution >= 4 is 27.4 Å². The van der Waals surface area contributed by atoms with Crippen molar-refractivity contribution in [3.8, 4) is 17.2 Å². The first kappa shape index (κ1) is 36.8. The maximum Gasteiger partial charge on any atom is 0.416 e. The van der Waals surface area contributed by atoms with Gasteiger partial charge in [-0.3, -0.25) is 4.79 Å². The Bertz CT molecular complexity index is 2050. The topological polar surface area (TPSA) is 114 Å². The molecule has 0 bridgehead atoms. The molecule has 1 aromatic heterocycles. The summed E-state index contributed by atoms with van der Waals surface area (Å²) in [4.78, 5) is 24.1. The maximum atomic E-state index is 16.3. The average Bonchev–Trinajstić information content (AvgIpc) is 3.13. The summed E-state index contributed by atoms with van der Waals surface area (Å²) < 4.78 is 103. The number of anilines is 2. The Kier molecular flexibility index (Phi) is 10.3. The Morgan fingerprint density at radius 1 is 1.02 bits per heavy atom. The number of ether oxygens (including phenoxy) is 3. The molecule has 52 heavy (non-hydrogen) atoms. The van der Waals surface area contributed by atoms with Crippen LogP contribution in [0.15, 0.2) is 78.1 Å². The lowest BCUT2D eigenvalue weighted by atomic mass is 9.77. The van der Waals surface area contributed by atoms with Gasteiger partial charge >= 0.3 is 6.18 Å². The van der Waals surface area contributed by atoms with Crippen molar-refractivity contribution in [2.45, 2.75) is 54.9 Å². The van der Waals surface area contributed by atoms with Gasteiger partial charge in [-0.1, -0.05) is 18.2 Å². The van der Waals surface area contributed by atoms with Crippen LogP contribution in [0.1, 0.15) is 41.9 Å². The molecule has 3 aromatic carbocycles. The van der Waals surface area contributed by atoms with Gasteiger partial charge in [0.25, 0.3) is 15.9 Å². The van der Waals surface area contributed by atoms with E-state index in [1.807, 2.05) is 19.0 Å². The Balaban J connectivity index is 1.35. The molecule has 0 unspecified atom stereocenters. The maximum absolute atomic E-state index is 16.3. The van der Waals surface area contributed by atoms with Crippen LogP contribution >= 0.6 is 0 Å². The Hall–Kier alpha value is -4.96. The summed E-state index contributed by atoms with van der Waals surface area (Å²) in [5.41, 5.74) is 0.323. The van der Waals surface area contributed by atoms with Crippen molar-refractivity contribution in [1.29, 1.82) is 0 Å². The number of benzene rings is 3. The van der Waals surface area contributed by atoms with Crippen LogP contribution in [0, 0.1) is 5.82 Å². The smallest absolute Gasteiger partial charge is 0.416 e. The van der Waals surface area contributed by atoms with E-state index < -0.39 is 51.0 Å². The third kappa shape index (κ3) is 7.21. The van der Waals surface area contributed by atoms with Crippen LogP contribution in [-0.2, 0) is 27.5 Å². The molecule has 2 heterocycles. The first-order chi connectivity index (χ1) is 24.7. The highest BCUT2D eigenvalue weighted by Gasteiger charge is 2.43. The molecule has 0 saturated heterocycles. The molecule has 276 valence electrons. The second kappa shape index (κ2) is 14.6. The number of likely N-dealkylation sites (N-methyl/N-ethyl adjacent to an activating group) is 1. The number of alkyl halides is 3. The molecule has 3 atom stereocenters. The van der Waals surface area contributed by atoms with E-state index >= 15 is 4.39 Å². The van der Waals surface area contributed by atoms with E-state index in [-0.39, 0.29) is 35.8 Å². The van der Waals surface area contributed by atoms with E-state index in [4.69, 9.17) is 14.2 Å². The quantitative estimate of drug-likeness (QED) is 0.180. The lowest BCUT2D eigenvalue weighted by Crippen LogP contribution is -2.56. The molecule has 1 aliphatic carbocycles. The third-order valence-electron chi connectivity index (χ3n) is 9.55. The van der Waals surface area contributed by atoms with Crippen molar-refractivity contribution in [2.75, 3.05) is 44.1 Å². The minimum atomic E-state index is -4.68. The molecule has 16 heteroatoms. The van der Waals surface area contributed by atoms with Crippen LogP contribution in [0.3, 0.4) is 0 Å². The molecule has 0 radical (unpaired) electrons. The summed E-state index contributed by atoms with van der Waals surface area (Å²) in [5, 5.41) is 0. The summed E-state index contributed by atoms with van der Waals surface area (Å²) in [6.07, 6.45) is -0.675. The molecule has 1 aliphatic heterocycles. The van der Waals surface area contributed by atoms with Gasteiger partial charge in [-0.2, -0.15) is 13.2 Å². The Morgan fingerprint density at radius 3 is 2.48 bits per heavy atom. The van der Waals surface area contributed by atoms with Gasteiger partial charge in [0.2, 0.25) is 0 Å². The van der Waals surface area contributed by atoms with Gasteiger partial charge in [-0.15, -0.1) is 0 Å². The fourth-order valence-corrected chi connectivity index (χ4v) is 8.43. The molecule has 0 N–H and O–H groups in total. The van der Waals surface area contributed by atoms with Crippen LogP contribution in [0.25, 0.3) is 0 Å². The van der Waals surface area contributed by atoms with Crippen molar-refractivity contribution < 1.29 is 45.0 Å². The van der Waals surface area contributed by atoms with Crippen molar-refractivity contribution in [3.05, 3.63) is 95.7 Å². The molecule has 11 nitrogen and oxygen atoms in total. The Morgan fingerprint density at radius 2 is 1.81 bits per heavy atom. The first-order valence-electron chi connectivity index (χ1n) is 16.3.